The van der Waals surface area contributed by atoms with Crippen LogP contribution in [-0.2, 0) is 0 Å². The van der Waals surface area contributed by atoms with Crippen LogP contribution in [0.15, 0.2) is 30.5 Å². The molecule has 4 N–H and O–H groups in total. The summed E-state index contributed by atoms with van der Waals surface area (Å²) < 4.78 is 0. The summed E-state index contributed by atoms with van der Waals surface area (Å²) in [6, 6.07) is 7.96. The van der Waals surface area contributed by atoms with Crippen molar-refractivity contribution in [2.45, 2.75) is 13.0 Å². The molecule has 0 fully saturated rings. The van der Waals surface area contributed by atoms with Gasteiger partial charge in [0.2, 0.25) is 0 Å². The molecule has 0 bridgehead atoms. The highest BCUT2D eigenvalue weighted by Gasteiger charge is 2.02. The molecule has 0 saturated carbocycles. The molecule has 0 aliphatic rings. The molecule has 0 aromatic heterocycles. The first kappa shape index (κ1) is 11.5. The number of nitrogens with one attached hydrogen (secondary N) is 2. The van der Waals surface area contributed by atoms with E-state index >= 15 is 0 Å². The average Bonchev–Trinajstić information content (AvgIpc) is 2.26. The second kappa shape index (κ2) is 5.32. The van der Waals surface area contributed by atoms with Crippen molar-refractivity contribution in [2.24, 2.45) is 5.73 Å². The van der Waals surface area contributed by atoms with Gasteiger partial charge in [-0.2, -0.15) is 0 Å². The maximum absolute atomic E-state index is 7.31. The second-order valence-electron chi connectivity index (χ2n) is 3.45. The summed E-state index contributed by atoms with van der Waals surface area (Å²) in [5, 5.41) is 10.2. The number of rotatable bonds is 4. The van der Waals surface area contributed by atoms with E-state index in [9.17, 15) is 0 Å². The molecule has 1 aromatic carbocycles. The lowest BCUT2D eigenvalue weighted by atomic mass is 10.0. The summed E-state index contributed by atoms with van der Waals surface area (Å²) in [6.45, 7) is 1.95. The van der Waals surface area contributed by atoms with Gasteiger partial charge in [0.25, 0.3) is 0 Å². The van der Waals surface area contributed by atoms with Gasteiger partial charge < -0.3 is 16.5 Å². The molecule has 0 unspecified atom stereocenters. The van der Waals surface area contributed by atoms with Crippen LogP contribution in [0.25, 0.3) is 5.57 Å². The van der Waals surface area contributed by atoms with Gasteiger partial charge in [0.15, 0.2) is 0 Å². The largest absolute Gasteiger partial charge is 0.393 e. The summed E-state index contributed by atoms with van der Waals surface area (Å²) in [6.07, 6.45) is 3.13. The molecule has 0 amide bonds. The van der Waals surface area contributed by atoms with E-state index in [2.05, 4.69) is 5.32 Å². The van der Waals surface area contributed by atoms with Gasteiger partial charge in [-0.15, -0.1) is 0 Å². The van der Waals surface area contributed by atoms with Crippen LogP contribution in [0.4, 0.5) is 0 Å². The second-order valence-corrected chi connectivity index (χ2v) is 3.45. The zero-order chi connectivity index (χ0) is 11.3. The van der Waals surface area contributed by atoms with Crippen molar-refractivity contribution in [3.05, 3.63) is 41.6 Å². The van der Waals surface area contributed by atoms with E-state index in [1.165, 1.54) is 6.21 Å². The first-order valence-electron chi connectivity index (χ1n) is 4.93. The molecule has 80 valence electrons. The third kappa shape index (κ3) is 2.92. The van der Waals surface area contributed by atoms with Gasteiger partial charge >= 0.3 is 0 Å². The molecule has 1 atom stereocenters. The van der Waals surface area contributed by atoms with Crippen molar-refractivity contribution < 1.29 is 0 Å². The lowest BCUT2D eigenvalue weighted by Crippen LogP contribution is -2.05. The minimum atomic E-state index is 0.0199. The Balaban J connectivity index is 3.08. The first-order chi connectivity index (χ1) is 7.19. The van der Waals surface area contributed by atoms with Crippen molar-refractivity contribution in [1.29, 1.82) is 5.41 Å². The zero-order valence-corrected chi connectivity index (χ0v) is 9.12. The van der Waals surface area contributed by atoms with Crippen LogP contribution in [0.3, 0.4) is 0 Å². The quantitative estimate of drug-likeness (QED) is 0.655. The minimum absolute atomic E-state index is 0.0199. The summed E-state index contributed by atoms with van der Waals surface area (Å²) in [5.74, 6) is 0. The fourth-order valence-electron chi connectivity index (χ4n) is 1.37. The summed E-state index contributed by atoms with van der Waals surface area (Å²) >= 11 is 0. The maximum atomic E-state index is 7.31. The Hall–Kier alpha value is -1.61. The average molecular weight is 203 g/mol. The Labute approximate surface area is 90.5 Å². The van der Waals surface area contributed by atoms with Gasteiger partial charge in [-0.1, -0.05) is 18.2 Å². The van der Waals surface area contributed by atoms with E-state index < -0.39 is 0 Å². The summed E-state index contributed by atoms with van der Waals surface area (Å²) in [5.41, 5.74) is 8.74. The van der Waals surface area contributed by atoms with Crippen LogP contribution in [0, 0.1) is 5.41 Å². The van der Waals surface area contributed by atoms with Crippen LogP contribution >= 0.6 is 0 Å². The van der Waals surface area contributed by atoms with Crippen molar-refractivity contribution in [3.63, 3.8) is 0 Å². The third-order valence-corrected chi connectivity index (χ3v) is 2.20. The standard InChI is InChI=1S/C12H17N3/c1-9(14)10-4-3-5-11(6-10)12(7-13)8-15-2/h3-9,13,15H,14H2,1-2H3/b12-8+,13-7?/t9-/m0/s1. The molecule has 0 aliphatic heterocycles. The number of allylic oxidation sites excluding steroid dienone is 1. The molecular formula is C12H17N3. The normalized spacial score (nSPS) is 13.4. The molecule has 1 aromatic rings. The maximum Gasteiger partial charge on any atom is 0.0270 e. The van der Waals surface area contributed by atoms with E-state index in [1.54, 1.807) is 6.20 Å². The van der Waals surface area contributed by atoms with Crippen molar-refractivity contribution in [3.8, 4) is 0 Å². The zero-order valence-electron chi connectivity index (χ0n) is 9.12. The predicted molar refractivity (Wildman–Crippen MR) is 64.9 cm³/mol. The van der Waals surface area contributed by atoms with Gasteiger partial charge in [0.05, 0.1) is 0 Å². The molecule has 0 aliphatic carbocycles. The summed E-state index contributed by atoms with van der Waals surface area (Å²) in [7, 11) is 1.82. The third-order valence-electron chi connectivity index (χ3n) is 2.20. The topological polar surface area (TPSA) is 61.9 Å². The van der Waals surface area contributed by atoms with Gasteiger partial charge in [-0.25, -0.2) is 0 Å². The van der Waals surface area contributed by atoms with Crippen molar-refractivity contribution >= 4 is 11.8 Å². The highest BCUT2D eigenvalue weighted by atomic mass is 14.8. The fraction of sp³-hybridized carbons (Fsp3) is 0.250. The highest BCUT2D eigenvalue weighted by molar-refractivity contribution is 6.08. The van der Waals surface area contributed by atoms with Crippen LogP contribution < -0.4 is 11.1 Å². The van der Waals surface area contributed by atoms with Crippen LogP contribution in [0.1, 0.15) is 24.1 Å². The van der Waals surface area contributed by atoms with Gasteiger partial charge in [-0.3, -0.25) is 0 Å². The number of hydrogen-bond acceptors (Lipinski definition) is 3. The number of benzene rings is 1. The Morgan fingerprint density at radius 3 is 2.80 bits per heavy atom. The van der Waals surface area contributed by atoms with Crippen LogP contribution in [0.2, 0.25) is 0 Å². The van der Waals surface area contributed by atoms with E-state index in [4.69, 9.17) is 11.1 Å². The van der Waals surface area contributed by atoms with Gasteiger partial charge in [0, 0.05) is 31.1 Å². The molecule has 0 heterocycles. The molecule has 3 nitrogen and oxygen atoms in total. The van der Waals surface area contributed by atoms with Crippen LogP contribution in [0.5, 0.6) is 0 Å². The van der Waals surface area contributed by atoms with E-state index in [0.717, 1.165) is 16.7 Å². The number of hydrogen-bond donors (Lipinski definition) is 3. The molecule has 15 heavy (non-hydrogen) atoms. The fourth-order valence-corrected chi connectivity index (χ4v) is 1.37. The lowest BCUT2D eigenvalue weighted by molar-refractivity contribution is 0.818. The number of nitrogens with two attached hydrogens (primary N) is 1. The molecule has 0 saturated heterocycles. The van der Waals surface area contributed by atoms with Crippen molar-refractivity contribution in [2.75, 3.05) is 7.05 Å². The molecule has 0 spiro atoms. The van der Waals surface area contributed by atoms with E-state index in [1.807, 2.05) is 38.2 Å². The monoisotopic (exact) mass is 203 g/mol. The minimum Gasteiger partial charge on any atom is -0.393 e. The predicted octanol–water partition coefficient (Wildman–Crippen LogP) is 1.92. The smallest absolute Gasteiger partial charge is 0.0270 e. The molecule has 1 rings (SSSR count). The van der Waals surface area contributed by atoms with Crippen LogP contribution in [-0.4, -0.2) is 13.3 Å². The van der Waals surface area contributed by atoms with Gasteiger partial charge in [-0.05, 0) is 24.1 Å². The Morgan fingerprint density at radius 1 is 1.53 bits per heavy atom. The van der Waals surface area contributed by atoms with Crippen molar-refractivity contribution in [1.82, 2.24) is 5.32 Å². The lowest BCUT2D eigenvalue weighted by Gasteiger charge is -2.08. The Kier molecular flexibility index (Phi) is 4.06. The van der Waals surface area contributed by atoms with E-state index in [-0.39, 0.29) is 6.04 Å². The van der Waals surface area contributed by atoms with Gasteiger partial charge in [0.1, 0.15) is 0 Å². The molecule has 0 radical (unpaired) electrons. The molecular weight excluding hydrogens is 186 g/mol. The summed E-state index contributed by atoms with van der Waals surface area (Å²) in [4.78, 5) is 0. The SMILES string of the molecule is CN/C=C(\C=N)c1cccc([C@H](C)N)c1. The highest BCUT2D eigenvalue weighted by Crippen LogP contribution is 2.17. The Morgan fingerprint density at radius 2 is 2.27 bits per heavy atom. The van der Waals surface area contributed by atoms with E-state index in [0.29, 0.717) is 0 Å². The Bertz CT molecular complexity index is 367. The molecule has 3 heteroatoms. The first-order valence-corrected chi connectivity index (χ1v) is 4.93.